The second-order valence-electron chi connectivity index (χ2n) is 5.76. The molecule has 4 heteroatoms. The van der Waals surface area contributed by atoms with Gasteiger partial charge in [-0.1, -0.05) is 60.2 Å². The van der Waals surface area contributed by atoms with Crippen LogP contribution in [0.25, 0.3) is 11.3 Å². The number of nitrogens with zero attached hydrogens (tertiary/aromatic N) is 3. The van der Waals surface area contributed by atoms with Crippen LogP contribution in [-0.4, -0.2) is 15.7 Å². The fourth-order valence-electron chi connectivity index (χ4n) is 2.37. The lowest BCUT2D eigenvalue weighted by Crippen LogP contribution is -2.03. The number of hydrogen-bond acceptors (Lipinski definition) is 4. The van der Waals surface area contributed by atoms with Gasteiger partial charge in [0.25, 0.3) is 0 Å². The number of rotatable bonds is 4. The predicted molar refractivity (Wildman–Crippen MR) is 99.2 cm³/mol. The maximum absolute atomic E-state index is 4.55. The van der Waals surface area contributed by atoms with Crippen LogP contribution in [-0.2, 0) is 0 Å². The molecule has 4 nitrogen and oxygen atoms in total. The Balaban J connectivity index is 1.84. The first-order valence-electron chi connectivity index (χ1n) is 7.90. The molecule has 0 atom stereocenters. The molecule has 3 rings (SSSR count). The van der Waals surface area contributed by atoms with E-state index in [4.69, 9.17) is 0 Å². The number of aryl methyl sites for hydroxylation is 2. The number of hydrazone groups is 1. The normalized spacial score (nSPS) is 11.4. The molecular formula is C20H20N4. The van der Waals surface area contributed by atoms with E-state index in [2.05, 4.69) is 51.7 Å². The summed E-state index contributed by atoms with van der Waals surface area (Å²) in [6.45, 7) is 5.99. The second-order valence-corrected chi connectivity index (χ2v) is 5.76. The van der Waals surface area contributed by atoms with Gasteiger partial charge in [0.05, 0.1) is 11.4 Å². The Kier molecular flexibility index (Phi) is 4.66. The van der Waals surface area contributed by atoms with E-state index in [1.165, 1.54) is 5.56 Å². The summed E-state index contributed by atoms with van der Waals surface area (Å²) >= 11 is 0. The van der Waals surface area contributed by atoms with Crippen LogP contribution >= 0.6 is 0 Å². The molecule has 0 aliphatic heterocycles. The zero-order valence-electron chi connectivity index (χ0n) is 14.1. The van der Waals surface area contributed by atoms with E-state index < -0.39 is 0 Å². The van der Waals surface area contributed by atoms with Crippen molar-refractivity contribution in [2.45, 2.75) is 20.8 Å². The molecule has 0 saturated heterocycles. The average molecular weight is 316 g/mol. The minimum Gasteiger partial charge on any atom is -0.245 e. The topological polar surface area (TPSA) is 50.2 Å². The van der Waals surface area contributed by atoms with E-state index in [0.29, 0.717) is 5.95 Å². The van der Waals surface area contributed by atoms with Crippen LogP contribution in [0.1, 0.15) is 23.7 Å². The fourth-order valence-corrected chi connectivity index (χ4v) is 2.37. The summed E-state index contributed by atoms with van der Waals surface area (Å²) in [5.74, 6) is 0.500. The molecule has 0 aliphatic rings. The lowest BCUT2D eigenvalue weighted by atomic mass is 10.1. The molecule has 3 aromatic rings. The standard InChI is InChI=1S/C20H20N4/c1-14-9-11-17(12-10-14)16(3)23-24-20-21-15(2)13-19(22-20)18-7-5-4-6-8-18/h4-13H,1-3H3,(H,21,22,24)/b23-16-. The van der Waals surface area contributed by atoms with Gasteiger partial charge in [0.15, 0.2) is 0 Å². The van der Waals surface area contributed by atoms with Crippen LogP contribution in [0.2, 0.25) is 0 Å². The van der Waals surface area contributed by atoms with Crippen LogP contribution in [0.3, 0.4) is 0 Å². The van der Waals surface area contributed by atoms with Gasteiger partial charge in [-0.25, -0.2) is 15.4 Å². The van der Waals surface area contributed by atoms with Crippen LogP contribution in [0.15, 0.2) is 65.8 Å². The Labute approximate surface area is 142 Å². The van der Waals surface area contributed by atoms with Crippen LogP contribution < -0.4 is 5.43 Å². The monoisotopic (exact) mass is 316 g/mol. The quantitative estimate of drug-likeness (QED) is 0.565. The van der Waals surface area contributed by atoms with Crippen LogP contribution in [0.5, 0.6) is 0 Å². The highest BCUT2D eigenvalue weighted by molar-refractivity contribution is 5.99. The molecule has 1 aromatic heterocycles. The van der Waals surface area contributed by atoms with Crippen molar-refractivity contribution < 1.29 is 0 Å². The van der Waals surface area contributed by atoms with Crippen molar-refractivity contribution in [1.29, 1.82) is 0 Å². The van der Waals surface area contributed by atoms with E-state index in [1.54, 1.807) is 0 Å². The van der Waals surface area contributed by atoms with Crippen molar-refractivity contribution in [1.82, 2.24) is 9.97 Å². The summed E-state index contributed by atoms with van der Waals surface area (Å²) < 4.78 is 0. The zero-order valence-corrected chi connectivity index (χ0v) is 14.1. The van der Waals surface area contributed by atoms with Gasteiger partial charge in [0.2, 0.25) is 5.95 Å². The fraction of sp³-hybridized carbons (Fsp3) is 0.150. The molecule has 0 fully saturated rings. The van der Waals surface area contributed by atoms with Gasteiger partial charge in [-0.05, 0) is 32.4 Å². The Bertz CT molecular complexity index is 853. The van der Waals surface area contributed by atoms with Gasteiger partial charge in [-0.3, -0.25) is 0 Å². The van der Waals surface area contributed by atoms with Crippen LogP contribution in [0.4, 0.5) is 5.95 Å². The highest BCUT2D eigenvalue weighted by Gasteiger charge is 2.04. The van der Waals surface area contributed by atoms with E-state index in [9.17, 15) is 0 Å². The minimum atomic E-state index is 0.500. The molecule has 2 aromatic carbocycles. The van der Waals surface area contributed by atoms with E-state index in [0.717, 1.165) is 28.2 Å². The van der Waals surface area contributed by atoms with Crippen molar-refractivity contribution in [3.63, 3.8) is 0 Å². The first-order valence-corrected chi connectivity index (χ1v) is 7.90. The summed E-state index contributed by atoms with van der Waals surface area (Å²) in [6, 6.07) is 20.3. The second kappa shape index (κ2) is 7.04. The summed E-state index contributed by atoms with van der Waals surface area (Å²) in [4.78, 5) is 8.96. The minimum absolute atomic E-state index is 0.500. The first kappa shape index (κ1) is 15.9. The molecule has 24 heavy (non-hydrogen) atoms. The summed E-state index contributed by atoms with van der Waals surface area (Å²) in [7, 11) is 0. The third-order valence-electron chi connectivity index (χ3n) is 3.72. The molecule has 0 amide bonds. The highest BCUT2D eigenvalue weighted by atomic mass is 15.4. The highest BCUT2D eigenvalue weighted by Crippen LogP contribution is 2.18. The van der Waals surface area contributed by atoms with Gasteiger partial charge >= 0.3 is 0 Å². The molecule has 0 saturated carbocycles. The third-order valence-corrected chi connectivity index (χ3v) is 3.72. The molecule has 1 N–H and O–H groups in total. The van der Waals surface area contributed by atoms with Crippen LogP contribution in [0, 0.1) is 13.8 Å². The third kappa shape index (κ3) is 3.84. The van der Waals surface area contributed by atoms with Crippen molar-refractivity contribution in [3.05, 3.63) is 77.5 Å². The molecular weight excluding hydrogens is 296 g/mol. The van der Waals surface area contributed by atoms with Crippen molar-refractivity contribution in [2.24, 2.45) is 5.10 Å². The van der Waals surface area contributed by atoms with Crippen molar-refractivity contribution >= 4 is 11.7 Å². The maximum atomic E-state index is 4.55. The largest absolute Gasteiger partial charge is 0.245 e. The van der Waals surface area contributed by atoms with Gasteiger partial charge < -0.3 is 0 Å². The summed E-state index contributed by atoms with van der Waals surface area (Å²) in [5.41, 5.74) is 9.01. The first-order chi connectivity index (χ1) is 11.6. The number of nitrogens with one attached hydrogen (secondary N) is 1. The molecule has 0 aliphatic carbocycles. The Hall–Kier alpha value is -3.01. The number of benzene rings is 2. The predicted octanol–water partition coefficient (Wildman–Crippen LogP) is 4.60. The molecule has 0 radical (unpaired) electrons. The number of hydrogen-bond donors (Lipinski definition) is 1. The maximum Gasteiger partial charge on any atom is 0.244 e. The average Bonchev–Trinajstić information content (AvgIpc) is 2.60. The Morgan fingerprint density at radius 3 is 2.33 bits per heavy atom. The molecule has 0 bridgehead atoms. The van der Waals surface area contributed by atoms with Gasteiger partial charge in [-0.15, -0.1) is 0 Å². The Morgan fingerprint density at radius 1 is 0.917 bits per heavy atom. The lowest BCUT2D eigenvalue weighted by Gasteiger charge is -2.07. The number of anilines is 1. The SMILES string of the molecule is C/C(=N/Nc1nc(C)cc(-c2ccccc2)n1)c1ccc(C)cc1. The van der Waals surface area contributed by atoms with E-state index in [1.807, 2.05) is 50.2 Å². The number of aromatic nitrogens is 2. The van der Waals surface area contributed by atoms with Gasteiger partial charge in [0, 0.05) is 11.3 Å². The molecule has 0 spiro atoms. The summed E-state index contributed by atoms with van der Waals surface area (Å²) in [6.07, 6.45) is 0. The van der Waals surface area contributed by atoms with Crippen molar-refractivity contribution in [3.8, 4) is 11.3 Å². The van der Waals surface area contributed by atoms with Gasteiger partial charge in [-0.2, -0.15) is 5.10 Å². The Morgan fingerprint density at radius 2 is 1.62 bits per heavy atom. The molecule has 0 unspecified atom stereocenters. The zero-order chi connectivity index (χ0) is 16.9. The summed E-state index contributed by atoms with van der Waals surface area (Å²) in [5, 5.41) is 4.41. The molecule has 120 valence electrons. The smallest absolute Gasteiger partial charge is 0.244 e. The molecule has 1 heterocycles. The van der Waals surface area contributed by atoms with Gasteiger partial charge in [0.1, 0.15) is 0 Å². The lowest BCUT2D eigenvalue weighted by molar-refractivity contribution is 1.07. The van der Waals surface area contributed by atoms with Crippen molar-refractivity contribution in [2.75, 3.05) is 5.43 Å². The van der Waals surface area contributed by atoms with E-state index >= 15 is 0 Å². The van der Waals surface area contributed by atoms with E-state index in [-0.39, 0.29) is 0 Å².